The maximum atomic E-state index is 3.32. The molecule has 0 saturated carbocycles. The van der Waals surface area contributed by atoms with Crippen LogP contribution in [0.4, 0.5) is 0 Å². The highest BCUT2D eigenvalue weighted by atomic mass is 15.1. The van der Waals surface area contributed by atoms with Gasteiger partial charge in [-0.05, 0) is 25.1 Å². The zero-order chi connectivity index (χ0) is 8.55. The number of likely N-dealkylation sites (N-methyl/N-ethyl adjacent to an activating group) is 1. The molecule has 0 aromatic carbocycles. The summed E-state index contributed by atoms with van der Waals surface area (Å²) in [7, 11) is 2.21. The van der Waals surface area contributed by atoms with Crippen molar-refractivity contribution in [2.24, 2.45) is 0 Å². The Morgan fingerprint density at radius 3 is 3.25 bits per heavy atom. The first-order chi connectivity index (χ1) is 5.83. The number of fused-ring (bicyclic) bond motifs is 1. The number of nitrogens with one attached hydrogen (secondary N) is 1. The average Bonchev–Trinajstić information content (AvgIpc) is 2.52. The van der Waals surface area contributed by atoms with E-state index < -0.39 is 0 Å². The molecule has 0 radical (unpaired) electrons. The molecule has 2 rings (SSSR count). The minimum absolute atomic E-state index is 0.639. The van der Waals surface area contributed by atoms with E-state index in [1.807, 2.05) is 0 Å². The van der Waals surface area contributed by atoms with Gasteiger partial charge < -0.3 is 4.98 Å². The van der Waals surface area contributed by atoms with E-state index in [1.165, 1.54) is 30.6 Å². The molecule has 2 nitrogen and oxygen atoms in total. The highest BCUT2D eigenvalue weighted by Gasteiger charge is 2.23. The summed E-state index contributed by atoms with van der Waals surface area (Å²) in [5.41, 5.74) is 2.95. The molecule has 2 heterocycles. The number of hydrogen-bond donors (Lipinski definition) is 1. The normalized spacial score (nSPS) is 24.0. The molecule has 0 unspecified atom stereocenters. The SMILES string of the molecule is CC[C@H]1c2cc[nH]c2CCN1C. The van der Waals surface area contributed by atoms with Gasteiger partial charge in [0.25, 0.3) is 0 Å². The lowest BCUT2D eigenvalue weighted by Gasteiger charge is -2.31. The van der Waals surface area contributed by atoms with Crippen molar-refractivity contribution in [3.63, 3.8) is 0 Å². The summed E-state index contributed by atoms with van der Waals surface area (Å²) in [4.78, 5) is 5.76. The fourth-order valence-electron chi connectivity index (χ4n) is 2.16. The number of aromatic amines is 1. The smallest absolute Gasteiger partial charge is 0.0360 e. The maximum Gasteiger partial charge on any atom is 0.0360 e. The first-order valence-electron chi connectivity index (χ1n) is 4.69. The summed E-state index contributed by atoms with van der Waals surface area (Å²) in [6.07, 6.45) is 4.45. The largest absolute Gasteiger partial charge is 0.365 e. The standard InChI is InChI=1S/C10H16N2/c1-3-10-8-4-6-11-9(8)5-7-12(10)2/h4,6,10-11H,3,5,7H2,1-2H3/t10-/m0/s1. The van der Waals surface area contributed by atoms with Gasteiger partial charge in [0.05, 0.1) is 0 Å². The van der Waals surface area contributed by atoms with Crippen molar-refractivity contribution in [1.82, 2.24) is 9.88 Å². The predicted octanol–water partition coefficient (Wildman–Crippen LogP) is 1.95. The monoisotopic (exact) mass is 164 g/mol. The van der Waals surface area contributed by atoms with Gasteiger partial charge in [0.1, 0.15) is 0 Å². The van der Waals surface area contributed by atoms with Gasteiger partial charge in [0, 0.05) is 30.9 Å². The van der Waals surface area contributed by atoms with Gasteiger partial charge in [0.15, 0.2) is 0 Å². The lowest BCUT2D eigenvalue weighted by molar-refractivity contribution is 0.224. The molecule has 0 fully saturated rings. The van der Waals surface area contributed by atoms with Crippen molar-refractivity contribution in [2.75, 3.05) is 13.6 Å². The zero-order valence-corrected chi connectivity index (χ0v) is 7.80. The molecule has 1 aromatic rings. The third-order valence-corrected chi connectivity index (χ3v) is 2.86. The van der Waals surface area contributed by atoms with Gasteiger partial charge in [-0.3, -0.25) is 4.90 Å². The predicted molar refractivity (Wildman–Crippen MR) is 50.2 cm³/mol. The summed E-state index contributed by atoms with van der Waals surface area (Å²) in [6, 6.07) is 2.86. The van der Waals surface area contributed by atoms with Crippen LogP contribution in [-0.2, 0) is 6.42 Å². The molecule has 0 saturated heterocycles. The van der Waals surface area contributed by atoms with Crippen molar-refractivity contribution in [3.8, 4) is 0 Å². The Bertz CT molecular complexity index is 265. The maximum absolute atomic E-state index is 3.32. The minimum Gasteiger partial charge on any atom is -0.365 e. The second-order valence-electron chi connectivity index (χ2n) is 3.57. The molecule has 1 aliphatic heterocycles. The molecule has 12 heavy (non-hydrogen) atoms. The number of H-pyrrole nitrogens is 1. The molecule has 1 aromatic heterocycles. The van der Waals surface area contributed by atoms with Crippen LogP contribution >= 0.6 is 0 Å². The van der Waals surface area contributed by atoms with Crippen molar-refractivity contribution in [3.05, 3.63) is 23.5 Å². The third kappa shape index (κ3) is 1.07. The zero-order valence-electron chi connectivity index (χ0n) is 7.80. The molecule has 0 amide bonds. The van der Waals surface area contributed by atoms with Crippen molar-refractivity contribution < 1.29 is 0 Å². The van der Waals surface area contributed by atoms with Crippen LogP contribution < -0.4 is 0 Å². The molecule has 1 atom stereocenters. The van der Waals surface area contributed by atoms with E-state index in [1.54, 1.807) is 0 Å². The van der Waals surface area contributed by atoms with Crippen LogP contribution in [0.2, 0.25) is 0 Å². The summed E-state index contributed by atoms with van der Waals surface area (Å²) >= 11 is 0. The van der Waals surface area contributed by atoms with Gasteiger partial charge in [-0.1, -0.05) is 6.92 Å². The van der Waals surface area contributed by atoms with Gasteiger partial charge in [-0.15, -0.1) is 0 Å². The van der Waals surface area contributed by atoms with Crippen LogP contribution in [0.5, 0.6) is 0 Å². The average molecular weight is 164 g/mol. The minimum atomic E-state index is 0.639. The van der Waals surface area contributed by atoms with E-state index in [9.17, 15) is 0 Å². The fraction of sp³-hybridized carbons (Fsp3) is 0.600. The molecule has 1 N–H and O–H groups in total. The molecule has 2 heteroatoms. The van der Waals surface area contributed by atoms with E-state index >= 15 is 0 Å². The Hall–Kier alpha value is -0.760. The van der Waals surface area contributed by atoms with Gasteiger partial charge in [0.2, 0.25) is 0 Å². The number of aromatic nitrogens is 1. The van der Waals surface area contributed by atoms with Crippen LogP contribution in [0.15, 0.2) is 12.3 Å². The van der Waals surface area contributed by atoms with E-state index in [-0.39, 0.29) is 0 Å². The molecule has 1 aliphatic rings. The second kappa shape index (κ2) is 2.94. The Morgan fingerprint density at radius 1 is 1.67 bits per heavy atom. The highest BCUT2D eigenvalue weighted by molar-refractivity contribution is 5.27. The topological polar surface area (TPSA) is 19.0 Å². The third-order valence-electron chi connectivity index (χ3n) is 2.86. The van der Waals surface area contributed by atoms with Gasteiger partial charge in [-0.2, -0.15) is 0 Å². The van der Waals surface area contributed by atoms with Crippen LogP contribution in [-0.4, -0.2) is 23.5 Å². The molecule has 0 bridgehead atoms. The Morgan fingerprint density at radius 2 is 2.50 bits per heavy atom. The van der Waals surface area contributed by atoms with Crippen LogP contribution in [0, 0.1) is 0 Å². The van der Waals surface area contributed by atoms with Crippen LogP contribution in [0.3, 0.4) is 0 Å². The summed E-state index contributed by atoms with van der Waals surface area (Å²) < 4.78 is 0. The summed E-state index contributed by atoms with van der Waals surface area (Å²) in [6.45, 7) is 3.44. The number of hydrogen-bond acceptors (Lipinski definition) is 1. The molecular weight excluding hydrogens is 148 g/mol. The van der Waals surface area contributed by atoms with E-state index in [0.717, 1.165) is 0 Å². The quantitative estimate of drug-likeness (QED) is 0.672. The summed E-state index contributed by atoms with van der Waals surface area (Å²) in [5, 5.41) is 0. The first-order valence-corrected chi connectivity index (χ1v) is 4.69. The van der Waals surface area contributed by atoms with E-state index in [0.29, 0.717) is 6.04 Å². The Labute approximate surface area is 73.6 Å². The van der Waals surface area contributed by atoms with Crippen molar-refractivity contribution >= 4 is 0 Å². The van der Waals surface area contributed by atoms with Crippen molar-refractivity contribution in [2.45, 2.75) is 25.8 Å². The molecule has 66 valence electrons. The number of rotatable bonds is 1. The second-order valence-corrected chi connectivity index (χ2v) is 3.57. The van der Waals surface area contributed by atoms with Crippen LogP contribution in [0.25, 0.3) is 0 Å². The highest BCUT2D eigenvalue weighted by Crippen LogP contribution is 2.29. The summed E-state index contributed by atoms with van der Waals surface area (Å²) in [5.74, 6) is 0. The lowest BCUT2D eigenvalue weighted by Crippen LogP contribution is -2.31. The van der Waals surface area contributed by atoms with E-state index in [4.69, 9.17) is 0 Å². The van der Waals surface area contributed by atoms with E-state index in [2.05, 4.69) is 36.1 Å². The molecule has 0 aliphatic carbocycles. The number of nitrogens with zero attached hydrogens (tertiary/aromatic N) is 1. The molecule has 0 spiro atoms. The van der Waals surface area contributed by atoms with Crippen molar-refractivity contribution in [1.29, 1.82) is 0 Å². The van der Waals surface area contributed by atoms with Gasteiger partial charge in [-0.25, -0.2) is 0 Å². The molecular formula is C10H16N2. The first kappa shape index (κ1) is 7.87. The van der Waals surface area contributed by atoms with Crippen LogP contribution in [0.1, 0.15) is 30.6 Å². The fourth-order valence-corrected chi connectivity index (χ4v) is 2.16. The Balaban J connectivity index is 2.34. The van der Waals surface area contributed by atoms with Gasteiger partial charge >= 0.3 is 0 Å². The Kier molecular flexibility index (Phi) is 1.93. The lowest BCUT2D eigenvalue weighted by atomic mass is 9.98.